The molecule has 1 amide bonds. The van der Waals surface area contributed by atoms with E-state index in [0.717, 1.165) is 10.4 Å². The molecule has 126 valence electrons. The normalized spacial score (nSPS) is 10.8. The Morgan fingerprint density at radius 3 is 2.75 bits per heavy atom. The average molecular weight is 347 g/mol. The summed E-state index contributed by atoms with van der Waals surface area (Å²) in [6.45, 7) is 5.68. The van der Waals surface area contributed by atoms with E-state index in [-0.39, 0.29) is 12.4 Å². The van der Waals surface area contributed by atoms with E-state index in [1.165, 1.54) is 35.6 Å². The smallest absolute Gasteiger partial charge is 0.341 e. The minimum absolute atomic E-state index is 0.264. The Morgan fingerprint density at radius 1 is 1.33 bits per heavy atom. The van der Waals surface area contributed by atoms with Gasteiger partial charge < -0.3 is 10.1 Å². The molecule has 0 radical (unpaired) electrons. The van der Waals surface area contributed by atoms with Crippen molar-refractivity contribution in [3.8, 4) is 0 Å². The molecular weight excluding hydrogens is 329 g/mol. The lowest BCUT2D eigenvalue weighted by molar-refractivity contribution is -0.111. The summed E-state index contributed by atoms with van der Waals surface area (Å²) in [5.74, 6) is -1.22. The molecule has 0 unspecified atom stereocenters. The van der Waals surface area contributed by atoms with E-state index in [1.54, 1.807) is 19.1 Å². The fraction of sp³-hybridized carbons (Fsp3) is 0.222. The van der Waals surface area contributed by atoms with Gasteiger partial charge in [-0.05, 0) is 50.1 Å². The topological polar surface area (TPSA) is 55.4 Å². The van der Waals surface area contributed by atoms with Crippen LogP contribution >= 0.6 is 11.3 Å². The van der Waals surface area contributed by atoms with Crippen LogP contribution in [0.1, 0.15) is 33.3 Å². The van der Waals surface area contributed by atoms with Crippen LogP contribution in [0.2, 0.25) is 0 Å². The quantitative estimate of drug-likeness (QED) is 0.647. The van der Waals surface area contributed by atoms with Crippen LogP contribution in [-0.4, -0.2) is 18.5 Å². The van der Waals surface area contributed by atoms with E-state index in [4.69, 9.17) is 4.74 Å². The number of hydrogen-bond donors (Lipinski definition) is 1. The van der Waals surface area contributed by atoms with Crippen molar-refractivity contribution in [3.05, 3.63) is 57.7 Å². The molecule has 0 spiro atoms. The van der Waals surface area contributed by atoms with Crippen LogP contribution < -0.4 is 5.32 Å². The maximum atomic E-state index is 13.1. The van der Waals surface area contributed by atoms with Crippen LogP contribution in [0, 0.1) is 19.7 Å². The molecule has 0 saturated heterocycles. The lowest BCUT2D eigenvalue weighted by Crippen LogP contribution is -2.12. The highest BCUT2D eigenvalue weighted by atomic mass is 32.1. The van der Waals surface area contributed by atoms with Crippen molar-refractivity contribution in [2.45, 2.75) is 20.8 Å². The SMILES string of the molecule is CCOC(=O)c1c(NC(=O)/C=C/c2cccc(F)c2)sc(C)c1C. The Labute approximate surface area is 144 Å². The Hall–Kier alpha value is -2.47. The number of carbonyl (C=O) groups is 2. The number of ether oxygens (including phenoxy) is 1. The molecule has 0 aliphatic heterocycles. The monoisotopic (exact) mass is 347 g/mol. The molecule has 0 atom stereocenters. The molecule has 4 nitrogen and oxygen atoms in total. The molecule has 1 aromatic carbocycles. The van der Waals surface area contributed by atoms with Crippen LogP contribution in [-0.2, 0) is 9.53 Å². The van der Waals surface area contributed by atoms with Gasteiger partial charge in [-0.15, -0.1) is 11.3 Å². The van der Waals surface area contributed by atoms with Gasteiger partial charge in [0, 0.05) is 11.0 Å². The molecular formula is C18H18FNO3S. The van der Waals surface area contributed by atoms with E-state index in [0.29, 0.717) is 16.1 Å². The minimum atomic E-state index is -0.455. The number of rotatable bonds is 5. The van der Waals surface area contributed by atoms with Gasteiger partial charge in [-0.1, -0.05) is 12.1 Å². The van der Waals surface area contributed by atoms with Crippen LogP contribution in [0.3, 0.4) is 0 Å². The summed E-state index contributed by atoms with van der Waals surface area (Å²) in [4.78, 5) is 25.1. The first-order valence-corrected chi connectivity index (χ1v) is 8.25. The molecule has 24 heavy (non-hydrogen) atoms. The van der Waals surface area contributed by atoms with Crippen molar-refractivity contribution in [1.82, 2.24) is 0 Å². The van der Waals surface area contributed by atoms with Gasteiger partial charge in [0.05, 0.1) is 12.2 Å². The molecule has 0 aliphatic rings. The van der Waals surface area contributed by atoms with Crippen LogP contribution in [0.25, 0.3) is 6.08 Å². The second-order valence-corrected chi connectivity index (χ2v) is 6.31. The van der Waals surface area contributed by atoms with Crippen molar-refractivity contribution >= 4 is 34.3 Å². The van der Waals surface area contributed by atoms with Gasteiger partial charge in [0.2, 0.25) is 5.91 Å². The molecule has 0 fully saturated rings. The van der Waals surface area contributed by atoms with Crippen molar-refractivity contribution < 1.29 is 18.7 Å². The summed E-state index contributed by atoms with van der Waals surface area (Å²) < 4.78 is 18.2. The number of thiophene rings is 1. The van der Waals surface area contributed by atoms with E-state index in [2.05, 4.69) is 5.32 Å². The van der Waals surface area contributed by atoms with E-state index in [1.807, 2.05) is 13.8 Å². The highest BCUT2D eigenvalue weighted by Crippen LogP contribution is 2.33. The predicted octanol–water partition coefficient (Wildman–Crippen LogP) is 4.33. The molecule has 2 aromatic rings. The highest BCUT2D eigenvalue weighted by molar-refractivity contribution is 7.16. The first-order chi connectivity index (χ1) is 11.4. The number of anilines is 1. The van der Waals surface area contributed by atoms with Crippen LogP contribution in [0.15, 0.2) is 30.3 Å². The average Bonchev–Trinajstić information content (AvgIpc) is 2.80. The number of carbonyl (C=O) groups excluding carboxylic acids is 2. The van der Waals surface area contributed by atoms with Crippen molar-refractivity contribution in [1.29, 1.82) is 0 Å². The zero-order valence-corrected chi connectivity index (χ0v) is 14.5. The number of halogens is 1. The van der Waals surface area contributed by atoms with E-state index >= 15 is 0 Å². The second kappa shape index (κ2) is 7.88. The number of esters is 1. The number of aryl methyl sites for hydroxylation is 1. The van der Waals surface area contributed by atoms with Gasteiger partial charge >= 0.3 is 5.97 Å². The summed E-state index contributed by atoms with van der Waals surface area (Å²) >= 11 is 1.32. The van der Waals surface area contributed by atoms with Crippen molar-refractivity contribution in [3.63, 3.8) is 0 Å². The van der Waals surface area contributed by atoms with Crippen LogP contribution in [0.5, 0.6) is 0 Å². The molecule has 1 N–H and O–H groups in total. The Bertz CT molecular complexity index is 796. The van der Waals surface area contributed by atoms with Gasteiger partial charge in [0.15, 0.2) is 0 Å². The van der Waals surface area contributed by atoms with Gasteiger partial charge in [-0.25, -0.2) is 9.18 Å². The third-order valence-corrected chi connectivity index (χ3v) is 4.50. The Kier molecular flexibility index (Phi) is 5.87. The highest BCUT2D eigenvalue weighted by Gasteiger charge is 2.21. The maximum Gasteiger partial charge on any atom is 0.341 e. The molecule has 2 rings (SSSR count). The Morgan fingerprint density at radius 2 is 2.08 bits per heavy atom. The third kappa shape index (κ3) is 4.29. The summed E-state index contributed by atoms with van der Waals surface area (Å²) in [6.07, 6.45) is 2.81. The number of amides is 1. The minimum Gasteiger partial charge on any atom is -0.462 e. The molecule has 1 heterocycles. The summed E-state index contributed by atoms with van der Waals surface area (Å²) in [5, 5.41) is 3.15. The Balaban J connectivity index is 2.17. The first-order valence-electron chi connectivity index (χ1n) is 7.44. The molecule has 6 heteroatoms. The zero-order valence-electron chi connectivity index (χ0n) is 13.7. The zero-order chi connectivity index (χ0) is 17.7. The summed E-state index contributed by atoms with van der Waals surface area (Å²) in [5.41, 5.74) is 1.75. The van der Waals surface area contributed by atoms with Crippen LogP contribution in [0.4, 0.5) is 9.39 Å². The van der Waals surface area contributed by atoms with E-state index < -0.39 is 11.9 Å². The molecule has 1 aromatic heterocycles. The fourth-order valence-electron chi connectivity index (χ4n) is 2.10. The lowest BCUT2D eigenvalue weighted by Gasteiger charge is -2.05. The van der Waals surface area contributed by atoms with Gasteiger partial charge in [-0.2, -0.15) is 0 Å². The summed E-state index contributed by atoms with van der Waals surface area (Å²) in [6, 6.07) is 5.92. The summed E-state index contributed by atoms with van der Waals surface area (Å²) in [7, 11) is 0. The maximum absolute atomic E-state index is 13.1. The predicted molar refractivity (Wildman–Crippen MR) is 93.8 cm³/mol. The van der Waals surface area contributed by atoms with Gasteiger partial charge in [-0.3, -0.25) is 4.79 Å². The second-order valence-electron chi connectivity index (χ2n) is 5.09. The van der Waals surface area contributed by atoms with Gasteiger partial charge in [0.1, 0.15) is 10.8 Å². The largest absolute Gasteiger partial charge is 0.462 e. The number of nitrogens with one attached hydrogen (secondary N) is 1. The fourth-order valence-corrected chi connectivity index (χ4v) is 3.15. The van der Waals surface area contributed by atoms with Gasteiger partial charge in [0.25, 0.3) is 0 Å². The first kappa shape index (κ1) is 17.9. The number of hydrogen-bond acceptors (Lipinski definition) is 4. The lowest BCUT2D eigenvalue weighted by atomic mass is 10.1. The van der Waals surface area contributed by atoms with Crippen molar-refractivity contribution in [2.24, 2.45) is 0 Å². The van der Waals surface area contributed by atoms with Crippen molar-refractivity contribution in [2.75, 3.05) is 11.9 Å². The van der Waals surface area contributed by atoms with E-state index in [9.17, 15) is 14.0 Å². The molecule has 0 bridgehead atoms. The third-order valence-electron chi connectivity index (χ3n) is 3.38. The molecule has 0 saturated carbocycles. The molecule has 0 aliphatic carbocycles. The standard InChI is InChI=1S/C18H18FNO3S/c1-4-23-18(22)16-11(2)12(3)24-17(16)20-15(21)9-8-13-6-5-7-14(19)10-13/h5-10H,4H2,1-3H3,(H,20,21)/b9-8+. The number of benzene rings is 1.